The molecule has 1 aromatic rings. The molecule has 1 unspecified atom stereocenters. The van der Waals surface area contributed by atoms with Gasteiger partial charge in [-0.3, -0.25) is 4.90 Å². The predicted molar refractivity (Wildman–Crippen MR) is 84.0 cm³/mol. The third-order valence-corrected chi connectivity index (χ3v) is 4.37. The van der Waals surface area contributed by atoms with Crippen LogP contribution in [0.15, 0.2) is 24.3 Å². The Morgan fingerprint density at radius 3 is 2.45 bits per heavy atom. The Kier molecular flexibility index (Phi) is 5.86. The number of piperidine rings is 1. The van der Waals surface area contributed by atoms with Crippen LogP contribution in [0.1, 0.15) is 44.7 Å². The fourth-order valence-electron chi connectivity index (χ4n) is 2.85. The first-order valence-electron chi connectivity index (χ1n) is 7.91. The van der Waals surface area contributed by atoms with Crippen LogP contribution in [0.4, 0.5) is 0 Å². The molecule has 112 valence electrons. The Morgan fingerprint density at radius 2 is 1.90 bits per heavy atom. The van der Waals surface area contributed by atoms with E-state index in [0.29, 0.717) is 6.04 Å². The van der Waals surface area contributed by atoms with Crippen LogP contribution < -0.4 is 10.5 Å². The van der Waals surface area contributed by atoms with Gasteiger partial charge in [0.2, 0.25) is 0 Å². The maximum atomic E-state index is 5.76. The van der Waals surface area contributed by atoms with Gasteiger partial charge in [-0.15, -0.1) is 0 Å². The summed E-state index contributed by atoms with van der Waals surface area (Å²) in [5.74, 6) is 1.70. The van der Waals surface area contributed by atoms with Crippen molar-refractivity contribution < 1.29 is 4.74 Å². The van der Waals surface area contributed by atoms with Crippen molar-refractivity contribution in [2.45, 2.75) is 39.2 Å². The minimum atomic E-state index is 0.481. The number of hydrogen-bond acceptors (Lipinski definition) is 3. The standard InChI is InChI=1S/C17H28N2O/c1-3-12-20-17-6-4-16(5-7-17)14(2)19-10-8-15(13-18)9-11-19/h4-7,14-15H,3,8-13,18H2,1-2H3. The van der Waals surface area contributed by atoms with E-state index < -0.39 is 0 Å². The zero-order valence-corrected chi connectivity index (χ0v) is 12.8. The van der Waals surface area contributed by atoms with E-state index >= 15 is 0 Å². The molecule has 1 heterocycles. The van der Waals surface area contributed by atoms with Gasteiger partial charge in [0.15, 0.2) is 0 Å². The lowest BCUT2D eigenvalue weighted by Gasteiger charge is -2.36. The van der Waals surface area contributed by atoms with E-state index in [1.54, 1.807) is 0 Å². The van der Waals surface area contributed by atoms with Crippen LogP contribution in [0.25, 0.3) is 0 Å². The molecule has 1 fully saturated rings. The van der Waals surface area contributed by atoms with Gasteiger partial charge >= 0.3 is 0 Å². The Morgan fingerprint density at radius 1 is 1.25 bits per heavy atom. The SMILES string of the molecule is CCCOc1ccc(C(C)N2CCC(CN)CC2)cc1. The number of rotatable bonds is 6. The van der Waals surface area contributed by atoms with Gasteiger partial charge in [-0.05, 0) is 69.4 Å². The summed E-state index contributed by atoms with van der Waals surface area (Å²) in [6.07, 6.45) is 3.52. The predicted octanol–water partition coefficient (Wildman–Crippen LogP) is 3.21. The second-order valence-corrected chi connectivity index (χ2v) is 5.81. The molecule has 0 bridgehead atoms. The van der Waals surface area contributed by atoms with E-state index in [-0.39, 0.29) is 0 Å². The van der Waals surface area contributed by atoms with Crippen LogP contribution in [0.5, 0.6) is 5.75 Å². The van der Waals surface area contributed by atoms with E-state index in [0.717, 1.165) is 44.3 Å². The molecule has 1 saturated heterocycles. The van der Waals surface area contributed by atoms with Crippen LogP contribution in [-0.2, 0) is 0 Å². The Bertz CT molecular complexity index is 382. The first-order valence-corrected chi connectivity index (χ1v) is 7.91. The van der Waals surface area contributed by atoms with Gasteiger partial charge in [0, 0.05) is 6.04 Å². The second kappa shape index (κ2) is 7.65. The third-order valence-electron chi connectivity index (χ3n) is 4.37. The summed E-state index contributed by atoms with van der Waals surface area (Å²) in [6, 6.07) is 9.06. The zero-order chi connectivity index (χ0) is 14.4. The molecule has 3 nitrogen and oxygen atoms in total. The highest BCUT2D eigenvalue weighted by atomic mass is 16.5. The monoisotopic (exact) mass is 276 g/mol. The molecule has 2 N–H and O–H groups in total. The zero-order valence-electron chi connectivity index (χ0n) is 12.8. The summed E-state index contributed by atoms with van der Waals surface area (Å²) in [5, 5.41) is 0. The Hall–Kier alpha value is -1.06. The first-order chi connectivity index (χ1) is 9.74. The summed E-state index contributed by atoms with van der Waals surface area (Å²) in [4.78, 5) is 2.56. The van der Waals surface area contributed by atoms with Gasteiger partial charge in [0.25, 0.3) is 0 Å². The molecule has 3 heteroatoms. The van der Waals surface area contributed by atoms with Crippen molar-refractivity contribution in [1.29, 1.82) is 0 Å². The number of nitrogens with zero attached hydrogens (tertiary/aromatic N) is 1. The highest BCUT2D eigenvalue weighted by Crippen LogP contribution is 2.27. The largest absolute Gasteiger partial charge is 0.494 e. The summed E-state index contributed by atoms with van der Waals surface area (Å²) in [6.45, 7) is 8.38. The van der Waals surface area contributed by atoms with Crippen molar-refractivity contribution >= 4 is 0 Å². The lowest BCUT2D eigenvalue weighted by Crippen LogP contribution is -2.37. The highest BCUT2D eigenvalue weighted by molar-refractivity contribution is 5.29. The van der Waals surface area contributed by atoms with Gasteiger partial charge in [0.05, 0.1) is 6.61 Å². The van der Waals surface area contributed by atoms with Gasteiger partial charge in [-0.1, -0.05) is 19.1 Å². The molecule has 0 amide bonds. The minimum Gasteiger partial charge on any atom is -0.494 e. The van der Waals surface area contributed by atoms with E-state index in [1.165, 1.54) is 18.4 Å². The Labute approximate surface area is 123 Å². The summed E-state index contributed by atoms with van der Waals surface area (Å²) in [5.41, 5.74) is 7.14. The normalized spacial score (nSPS) is 18.9. The number of benzene rings is 1. The summed E-state index contributed by atoms with van der Waals surface area (Å²) in [7, 11) is 0. The van der Waals surface area contributed by atoms with E-state index in [2.05, 4.69) is 43.0 Å². The van der Waals surface area contributed by atoms with Crippen molar-refractivity contribution in [3.05, 3.63) is 29.8 Å². The smallest absolute Gasteiger partial charge is 0.119 e. The van der Waals surface area contributed by atoms with Gasteiger partial charge in [0.1, 0.15) is 5.75 Å². The van der Waals surface area contributed by atoms with E-state index in [1.807, 2.05) is 0 Å². The molecule has 1 aliphatic heterocycles. The molecule has 0 aromatic heterocycles. The molecule has 0 saturated carbocycles. The molecular formula is C17H28N2O. The number of hydrogen-bond donors (Lipinski definition) is 1. The highest BCUT2D eigenvalue weighted by Gasteiger charge is 2.22. The molecular weight excluding hydrogens is 248 g/mol. The Balaban J connectivity index is 1.90. The number of ether oxygens (including phenoxy) is 1. The maximum absolute atomic E-state index is 5.76. The minimum absolute atomic E-state index is 0.481. The molecule has 0 spiro atoms. The van der Waals surface area contributed by atoms with Crippen molar-refractivity contribution in [3.8, 4) is 5.75 Å². The fraction of sp³-hybridized carbons (Fsp3) is 0.647. The lowest BCUT2D eigenvalue weighted by molar-refractivity contribution is 0.143. The van der Waals surface area contributed by atoms with Gasteiger partial charge < -0.3 is 10.5 Å². The first kappa shape index (κ1) is 15.3. The second-order valence-electron chi connectivity index (χ2n) is 5.81. The average molecular weight is 276 g/mol. The fourth-order valence-corrected chi connectivity index (χ4v) is 2.85. The summed E-state index contributed by atoms with van der Waals surface area (Å²) < 4.78 is 5.64. The average Bonchev–Trinajstić information content (AvgIpc) is 2.53. The van der Waals surface area contributed by atoms with Crippen LogP contribution in [0.3, 0.4) is 0 Å². The van der Waals surface area contributed by atoms with Crippen LogP contribution >= 0.6 is 0 Å². The molecule has 2 rings (SSSR count). The number of nitrogens with two attached hydrogens (primary N) is 1. The van der Waals surface area contributed by atoms with Crippen molar-refractivity contribution in [2.24, 2.45) is 11.7 Å². The van der Waals surface area contributed by atoms with Crippen molar-refractivity contribution in [2.75, 3.05) is 26.2 Å². The number of likely N-dealkylation sites (tertiary alicyclic amines) is 1. The molecule has 1 atom stereocenters. The third kappa shape index (κ3) is 3.97. The molecule has 1 aliphatic rings. The maximum Gasteiger partial charge on any atom is 0.119 e. The summed E-state index contributed by atoms with van der Waals surface area (Å²) >= 11 is 0. The van der Waals surface area contributed by atoms with Gasteiger partial charge in [-0.2, -0.15) is 0 Å². The van der Waals surface area contributed by atoms with Crippen LogP contribution in [-0.4, -0.2) is 31.1 Å². The molecule has 0 radical (unpaired) electrons. The molecule has 0 aliphatic carbocycles. The topological polar surface area (TPSA) is 38.5 Å². The lowest BCUT2D eigenvalue weighted by atomic mass is 9.95. The van der Waals surface area contributed by atoms with Crippen LogP contribution in [0.2, 0.25) is 0 Å². The van der Waals surface area contributed by atoms with E-state index in [4.69, 9.17) is 10.5 Å². The molecule has 20 heavy (non-hydrogen) atoms. The quantitative estimate of drug-likeness (QED) is 0.867. The molecule has 1 aromatic carbocycles. The van der Waals surface area contributed by atoms with Gasteiger partial charge in [-0.25, -0.2) is 0 Å². The van der Waals surface area contributed by atoms with Crippen LogP contribution in [0, 0.1) is 5.92 Å². The van der Waals surface area contributed by atoms with Crippen molar-refractivity contribution in [3.63, 3.8) is 0 Å². The van der Waals surface area contributed by atoms with E-state index in [9.17, 15) is 0 Å². The van der Waals surface area contributed by atoms with Crippen molar-refractivity contribution in [1.82, 2.24) is 4.90 Å².